The maximum atomic E-state index is 9.44. The van der Waals surface area contributed by atoms with Crippen molar-refractivity contribution in [2.45, 2.75) is 52.4 Å². The van der Waals surface area contributed by atoms with Gasteiger partial charge in [-0.3, -0.25) is 4.68 Å². The van der Waals surface area contributed by atoms with Gasteiger partial charge in [-0.2, -0.15) is 10.1 Å². The van der Waals surface area contributed by atoms with Crippen LogP contribution in [0.5, 0.6) is 0 Å². The molecule has 160 valence electrons. The van der Waals surface area contributed by atoms with E-state index in [1.165, 1.54) is 13.8 Å². The molecule has 2 aromatic rings. The Labute approximate surface area is 176 Å². The van der Waals surface area contributed by atoms with Gasteiger partial charge < -0.3 is 24.9 Å². The first kappa shape index (κ1) is 23.1. The molecule has 0 saturated carbocycles. The molecule has 4 heterocycles. The first-order valence-corrected chi connectivity index (χ1v) is 10.1. The number of rotatable bonds is 4. The molecule has 2 saturated heterocycles. The summed E-state index contributed by atoms with van der Waals surface area (Å²) in [6.07, 6.45) is 6.27. The minimum absolute atomic E-state index is 0.0427. The van der Waals surface area contributed by atoms with Crippen molar-refractivity contribution in [2.75, 3.05) is 23.8 Å². The number of hydrogen-bond acceptors (Lipinski definition) is 8. The Kier molecular flexibility index (Phi) is 8.81. The molecule has 2 aromatic heterocycles. The largest absolute Gasteiger partial charge is 0.373 e. The van der Waals surface area contributed by atoms with Crippen LogP contribution in [0.15, 0.2) is 18.6 Å². The van der Waals surface area contributed by atoms with Crippen LogP contribution in [-0.4, -0.2) is 57.0 Å². The molecule has 0 spiro atoms. The number of anilines is 3. The molecule has 4 rings (SSSR count). The van der Waals surface area contributed by atoms with Gasteiger partial charge in [0.25, 0.3) is 0 Å². The van der Waals surface area contributed by atoms with Gasteiger partial charge in [0.05, 0.1) is 36.8 Å². The predicted octanol–water partition coefficient (Wildman–Crippen LogP) is 3.20. The highest BCUT2D eigenvalue weighted by Crippen LogP contribution is 2.30. The third kappa shape index (κ3) is 6.66. The number of ether oxygens (including phenoxy) is 2. The van der Waals surface area contributed by atoms with Gasteiger partial charge in [0.1, 0.15) is 16.9 Å². The molecule has 9 nitrogen and oxygen atoms in total. The minimum Gasteiger partial charge on any atom is -0.373 e. The average Bonchev–Trinajstić information content (AvgIpc) is 3.38. The molecule has 0 radical (unpaired) electrons. The highest BCUT2D eigenvalue weighted by atomic mass is 35.5. The number of ketones is 1. The van der Waals surface area contributed by atoms with E-state index in [0.717, 1.165) is 18.7 Å². The zero-order valence-electron chi connectivity index (χ0n) is 17.5. The van der Waals surface area contributed by atoms with E-state index in [1.807, 2.05) is 27.1 Å². The van der Waals surface area contributed by atoms with Gasteiger partial charge in [-0.25, -0.2) is 4.98 Å². The maximum Gasteiger partial charge on any atom is 0.229 e. The lowest BCUT2D eigenvalue weighted by atomic mass is 10.1. The number of aromatic nitrogens is 4. The van der Waals surface area contributed by atoms with Crippen molar-refractivity contribution in [1.82, 2.24) is 19.7 Å². The number of aryl methyl sites for hydroxylation is 1. The summed E-state index contributed by atoms with van der Waals surface area (Å²) in [7, 11) is 1.85. The quantitative estimate of drug-likeness (QED) is 0.771. The Bertz CT molecular complexity index is 796. The van der Waals surface area contributed by atoms with Gasteiger partial charge in [-0.1, -0.05) is 25.4 Å². The topological polar surface area (TPSA) is 103 Å². The lowest BCUT2D eigenvalue weighted by Gasteiger charge is -2.19. The first-order valence-electron chi connectivity index (χ1n) is 9.67. The molecule has 0 amide bonds. The lowest BCUT2D eigenvalue weighted by Crippen LogP contribution is -2.34. The van der Waals surface area contributed by atoms with Gasteiger partial charge in [-0.05, 0) is 20.3 Å². The highest BCUT2D eigenvalue weighted by molar-refractivity contribution is 6.32. The van der Waals surface area contributed by atoms with Crippen molar-refractivity contribution in [2.24, 2.45) is 7.05 Å². The molecule has 2 aliphatic rings. The van der Waals surface area contributed by atoms with E-state index in [9.17, 15) is 4.79 Å². The number of carbonyl (C=O) groups is 1. The molecule has 0 aliphatic carbocycles. The molecular weight excluding hydrogens is 396 g/mol. The summed E-state index contributed by atoms with van der Waals surface area (Å²) in [4.78, 5) is 18.1. The minimum atomic E-state index is 0.0427. The van der Waals surface area contributed by atoms with Crippen molar-refractivity contribution in [3.63, 3.8) is 0 Å². The highest BCUT2D eigenvalue weighted by Gasteiger charge is 2.42. The van der Waals surface area contributed by atoms with E-state index in [-0.39, 0.29) is 24.0 Å². The van der Waals surface area contributed by atoms with E-state index >= 15 is 0 Å². The SMILES string of the molecule is CC.CC(C)=O.Cn1cc(Nc2ncc(Cl)c(NC3COC4CCOC34)n2)cn1. The summed E-state index contributed by atoms with van der Waals surface area (Å²) in [5.41, 5.74) is 0.809. The van der Waals surface area contributed by atoms with Gasteiger partial charge >= 0.3 is 0 Å². The number of hydrogen-bond donors (Lipinski definition) is 2. The molecule has 0 bridgehead atoms. The summed E-state index contributed by atoms with van der Waals surface area (Å²) >= 11 is 6.21. The lowest BCUT2D eigenvalue weighted by molar-refractivity contribution is -0.114. The monoisotopic (exact) mass is 424 g/mol. The Morgan fingerprint density at radius 2 is 2.00 bits per heavy atom. The van der Waals surface area contributed by atoms with E-state index in [0.29, 0.717) is 23.4 Å². The fourth-order valence-corrected chi connectivity index (χ4v) is 3.06. The van der Waals surface area contributed by atoms with Crippen LogP contribution in [0.3, 0.4) is 0 Å². The van der Waals surface area contributed by atoms with Crippen LogP contribution < -0.4 is 10.6 Å². The number of carbonyl (C=O) groups excluding carboxylic acids is 1. The normalized spacial score (nSPS) is 21.9. The number of Topliss-reactive ketones (excluding diaryl/α,β-unsaturated/α-hetero) is 1. The second kappa shape index (κ2) is 11.1. The summed E-state index contributed by atoms with van der Waals surface area (Å²) in [6.45, 7) is 8.37. The Balaban J connectivity index is 0.000000449. The van der Waals surface area contributed by atoms with Gasteiger partial charge in [0.2, 0.25) is 5.95 Å². The van der Waals surface area contributed by atoms with Crippen LogP contribution in [0, 0.1) is 0 Å². The molecular formula is C19H29ClN6O3. The van der Waals surface area contributed by atoms with Gasteiger partial charge in [-0.15, -0.1) is 0 Å². The van der Waals surface area contributed by atoms with Crippen molar-refractivity contribution in [3.05, 3.63) is 23.6 Å². The molecule has 0 aromatic carbocycles. The Hall–Kier alpha value is -2.23. The smallest absolute Gasteiger partial charge is 0.229 e. The van der Waals surface area contributed by atoms with Crippen LogP contribution in [0.1, 0.15) is 34.1 Å². The van der Waals surface area contributed by atoms with E-state index in [2.05, 4.69) is 25.7 Å². The maximum absolute atomic E-state index is 9.44. The summed E-state index contributed by atoms with van der Waals surface area (Å²) in [5, 5.41) is 11.0. The molecule has 3 atom stereocenters. The van der Waals surface area contributed by atoms with Crippen molar-refractivity contribution < 1.29 is 14.3 Å². The van der Waals surface area contributed by atoms with Crippen molar-refractivity contribution in [1.29, 1.82) is 0 Å². The molecule has 10 heteroatoms. The molecule has 3 unspecified atom stereocenters. The summed E-state index contributed by atoms with van der Waals surface area (Å²) < 4.78 is 13.2. The van der Waals surface area contributed by atoms with E-state index < -0.39 is 0 Å². The van der Waals surface area contributed by atoms with Crippen molar-refractivity contribution >= 4 is 34.8 Å². The fourth-order valence-electron chi connectivity index (χ4n) is 2.91. The van der Waals surface area contributed by atoms with Crippen LogP contribution in [0.4, 0.5) is 17.5 Å². The molecule has 2 aliphatic heterocycles. The fraction of sp³-hybridized carbons (Fsp3) is 0.579. The Morgan fingerprint density at radius 1 is 1.28 bits per heavy atom. The zero-order valence-corrected chi connectivity index (χ0v) is 18.2. The van der Waals surface area contributed by atoms with Gasteiger partial charge in [0.15, 0.2) is 5.82 Å². The van der Waals surface area contributed by atoms with Crippen LogP contribution >= 0.6 is 11.6 Å². The number of halogens is 1. The van der Waals surface area contributed by atoms with E-state index in [4.69, 9.17) is 21.1 Å². The average molecular weight is 425 g/mol. The number of nitrogens with one attached hydrogen (secondary N) is 2. The zero-order chi connectivity index (χ0) is 21.4. The molecule has 29 heavy (non-hydrogen) atoms. The number of nitrogens with zero attached hydrogens (tertiary/aromatic N) is 4. The van der Waals surface area contributed by atoms with Crippen LogP contribution in [0.25, 0.3) is 0 Å². The second-order valence-corrected chi connectivity index (χ2v) is 6.98. The second-order valence-electron chi connectivity index (χ2n) is 6.57. The van der Waals surface area contributed by atoms with Crippen molar-refractivity contribution in [3.8, 4) is 0 Å². The third-order valence-corrected chi connectivity index (χ3v) is 4.27. The Morgan fingerprint density at radius 3 is 2.66 bits per heavy atom. The first-order chi connectivity index (χ1) is 13.9. The van der Waals surface area contributed by atoms with E-state index in [1.54, 1.807) is 17.1 Å². The van der Waals surface area contributed by atoms with Crippen LogP contribution in [0.2, 0.25) is 5.02 Å². The van der Waals surface area contributed by atoms with Crippen LogP contribution in [-0.2, 0) is 21.3 Å². The standard InChI is InChI=1S/C14H17ClN6O2.C3H6O.C2H6/c1-21-6-8(4-17-21)18-14-16-5-9(15)13(20-14)19-10-7-23-11-2-3-22-12(10)11;1-3(2)4;1-2/h4-6,10-12H,2-3,7H2,1H3,(H2,16,18,19,20);1-2H3;1-2H3. The summed E-state index contributed by atoms with van der Waals surface area (Å²) in [5.74, 6) is 1.19. The predicted molar refractivity (Wildman–Crippen MR) is 113 cm³/mol. The number of fused-ring (bicyclic) bond motifs is 1. The molecule has 2 N–H and O–H groups in total. The molecule has 2 fully saturated rings. The van der Waals surface area contributed by atoms with Gasteiger partial charge in [0, 0.05) is 19.9 Å². The third-order valence-electron chi connectivity index (χ3n) is 3.99. The summed E-state index contributed by atoms with van der Waals surface area (Å²) in [6, 6.07) is 0.0427.